The van der Waals surface area contributed by atoms with Crippen molar-refractivity contribution in [3.63, 3.8) is 0 Å². The minimum atomic E-state index is -0.633. The van der Waals surface area contributed by atoms with Crippen LogP contribution in [0.1, 0.15) is 12.0 Å². The molecule has 0 spiro atoms. The van der Waals surface area contributed by atoms with Crippen molar-refractivity contribution in [3.05, 3.63) is 47.7 Å². The Morgan fingerprint density at radius 1 is 1.20 bits per heavy atom. The molecule has 1 aliphatic heterocycles. The highest BCUT2D eigenvalue weighted by Crippen LogP contribution is 2.35. The fraction of sp³-hybridized carbons (Fsp3) is 0.267. The van der Waals surface area contributed by atoms with Crippen molar-refractivity contribution < 1.29 is 17.9 Å². The average molecular weight is 279 g/mol. The van der Waals surface area contributed by atoms with Gasteiger partial charge < -0.3 is 4.74 Å². The molecule has 0 fully saturated rings. The standard InChI is InChI=1S/C15H12F3NO/c16-8-10-2-4-13-11(5-6-19-15(13)20-10)12-3-1-9(17)7-14(12)18/h1,3,5-7,10H,2,4,8H2/t10-/m0/s1. The lowest BCUT2D eigenvalue weighted by Gasteiger charge is -2.24. The predicted octanol–water partition coefficient (Wildman–Crippen LogP) is 3.69. The highest BCUT2D eigenvalue weighted by Gasteiger charge is 2.24. The minimum absolute atomic E-state index is 0.298. The van der Waals surface area contributed by atoms with Gasteiger partial charge in [-0.1, -0.05) is 0 Å². The maximum Gasteiger partial charge on any atom is 0.217 e. The molecule has 1 atom stereocenters. The van der Waals surface area contributed by atoms with Gasteiger partial charge in [0, 0.05) is 23.4 Å². The predicted molar refractivity (Wildman–Crippen MR) is 68.3 cm³/mol. The van der Waals surface area contributed by atoms with Gasteiger partial charge in [0.2, 0.25) is 5.88 Å². The summed E-state index contributed by atoms with van der Waals surface area (Å²) >= 11 is 0. The first-order valence-electron chi connectivity index (χ1n) is 6.35. The van der Waals surface area contributed by atoms with Crippen LogP contribution >= 0.6 is 0 Å². The molecule has 3 rings (SSSR count). The van der Waals surface area contributed by atoms with Crippen LogP contribution in [0.3, 0.4) is 0 Å². The summed E-state index contributed by atoms with van der Waals surface area (Å²) in [7, 11) is 0. The third kappa shape index (κ3) is 2.24. The number of hydrogen-bond donors (Lipinski definition) is 0. The largest absolute Gasteiger partial charge is 0.471 e. The molecule has 1 aromatic heterocycles. The molecule has 5 heteroatoms. The molecule has 0 saturated heterocycles. The van der Waals surface area contributed by atoms with Gasteiger partial charge in [-0.25, -0.2) is 18.2 Å². The zero-order valence-corrected chi connectivity index (χ0v) is 10.6. The number of ether oxygens (including phenoxy) is 1. The molecular formula is C15H12F3NO. The van der Waals surface area contributed by atoms with Gasteiger partial charge in [0.25, 0.3) is 0 Å². The molecule has 0 radical (unpaired) electrons. The van der Waals surface area contributed by atoms with Gasteiger partial charge in [0.15, 0.2) is 0 Å². The first-order valence-corrected chi connectivity index (χ1v) is 6.35. The van der Waals surface area contributed by atoms with E-state index in [0.717, 1.165) is 11.6 Å². The summed E-state index contributed by atoms with van der Waals surface area (Å²) < 4.78 is 44.9. The molecule has 2 nitrogen and oxygen atoms in total. The molecule has 20 heavy (non-hydrogen) atoms. The highest BCUT2D eigenvalue weighted by molar-refractivity contribution is 5.69. The maximum atomic E-state index is 13.9. The Morgan fingerprint density at radius 3 is 2.80 bits per heavy atom. The van der Waals surface area contributed by atoms with Crippen LogP contribution in [0, 0.1) is 11.6 Å². The Labute approximate surface area is 114 Å². The molecule has 0 amide bonds. The van der Waals surface area contributed by atoms with E-state index in [1.165, 1.54) is 18.3 Å². The Kier molecular flexibility index (Phi) is 3.34. The number of halogens is 3. The first kappa shape index (κ1) is 13.0. The van der Waals surface area contributed by atoms with Crippen LogP contribution in [0.15, 0.2) is 30.5 Å². The normalized spacial score (nSPS) is 17.4. The van der Waals surface area contributed by atoms with Crippen LogP contribution in [0.2, 0.25) is 0 Å². The summed E-state index contributed by atoms with van der Waals surface area (Å²) in [5.74, 6) is -0.922. The quantitative estimate of drug-likeness (QED) is 0.836. The molecule has 0 aliphatic carbocycles. The Balaban J connectivity index is 2.07. The molecule has 104 valence electrons. The van der Waals surface area contributed by atoms with E-state index in [4.69, 9.17) is 4.74 Å². The van der Waals surface area contributed by atoms with Crippen molar-refractivity contribution in [2.45, 2.75) is 18.9 Å². The monoisotopic (exact) mass is 279 g/mol. The number of hydrogen-bond acceptors (Lipinski definition) is 2. The van der Waals surface area contributed by atoms with Gasteiger partial charge in [0.1, 0.15) is 24.4 Å². The third-order valence-corrected chi connectivity index (χ3v) is 3.40. The van der Waals surface area contributed by atoms with Crippen LogP contribution in [0.25, 0.3) is 11.1 Å². The summed E-state index contributed by atoms with van der Waals surface area (Å²) in [4.78, 5) is 4.07. The van der Waals surface area contributed by atoms with E-state index in [9.17, 15) is 13.2 Å². The fourth-order valence-electron chi connectivity index (χ4n) is 2.41. The summed E-state index contributed by atoms with van der Waals surface area (Å²) in [5.41, 5.74) is 1.65. The Hall–Kier alpha value is -2.04. The number of aromatic nitrogens is 1. The summed E-state index contributed by atoms with van der Waals surface area (Å²) in [6.07, 6.45) is 2.07. The van der Waals surface area contributed by atoms with Crippen molar-refractivity contribution in [2.75, 3.05) is 6.67 Å². The van der Waals surface area contributed by atoms with Crippen molar-refractivity contribution in [1.82, 2.24) is 4.98 Å². The van der Waals surface area contributed by atoms with Crippen molar-refractivity contribution in [3.8, 4) is 17.0 Å². The lowest BCUT2D eigenvalue weighted by atomic mass is 9.95. The highest BCUT2D eigenvalue weighted by atomic mass is 19.1. The number of alkyl halides is 1. The molecule has 0 bridgehead atoms. The van der Waals surface area contributed by atoms with Crippen LogP contribution in [0.5, 0.6) is 5.88 Å². The summed E-state index contributed by atoms with van der Waals surface area (Å²) in [6.45, 7) is -0.573. The van der Waals surface area contributed by atoms with E-state index in [1.54, 1.807) is 6.07 Å². The molecule has 1 aromatic carbocycles. The second-order valence-electron chi connectivity index (χ2n) is 4.70. The van der Waals surface area contributed by atoms with Gasteiger partial charge in [-0.15, -0.1) is 0 Å². The number of fused-ring (bicyclic) bond motifs is 1. The first-order chi connectivity index (χ1) is 9.69. The number of benzene rings is 1. The molecule has 0 unspecified atom stereocenters. The minimum Gasteiger partial charge on any atom is -0.471 e. The van der Waals surface area contributed by atoms with Gasteiger partial charge >= 0.3 is 0 Å². The van der Waals surface area contributed by atoms with E-state index in [2.05, 4.69) is 4.98 Å². The second kappa shape index (κ2) is 5.15. The molecule has 0 N–H and O–H groups in total. The van der Waals surface area contributed by atoms with Gasteiger partial charge in [-0.2, -0.15) is 0 Å². The SMILES string of the molecule is FC[C@@H]1CCc2c(-c3ccc(F)cc3F)ccnc2O1. The Bertz CT molecular complexity index is 645. The van der Waals surface area contributed by atoms with Crippen molar-refractivity contribution >= 4 is 0 Å². The Morgan fingerprint density at radius 2 is 2.05 bits per heavy atom. The average Bonchev–Trinajstić information content (AvgIpc) is 2.46. The summed E-state index contributed by atoms with van der Waals surface area (Å²) in [5, 5.41) is 0. The van der Waals surface area contributed by atoms with Gasteiger partial charge in [-0.3, -0.25) is 0 Å². The topological polar surface area (TPSA) is 22.1 Å². The number of nitrogens with zero attached hydrogens (tertiary/aromatic N) is 1. The van der Waals surface area contributed by atoms with Crippen LogP contribution in [0.4, 0.5) is 13.2 Å². The van der Waals surface area contributed by atoms with Gasteiger partial charge in [-0.05, 0) is 36.6 Å². The molecular weight excluding hydrogens is 267 g/mol. The maximum absolute atomic E-state index is 13.9. The zero-order valence-electron chi connectivity index (χ0n) is 10.6. The molecule has 0 saturated carbocycles. The van der Waals surface area contributed by atoms with Crippen LogP contribution in [-0.2, 0) is 6.42 Å². The smallest absolute Gasteiger partial charge is 0.217 e. The lowest BCUT2D eigenvalue weighted by Crippen LogP contribution is -2.25. The van der Waals surface area contributed by atoms with Crippen molar-refractivity contribution in [2.24, 2.45) is 0 Å². The lowest BCUT2D eigenvalue weighted by molar-refractivity contribution is 0.134. The van der Waals surface area contributed by atoms with E-state index < -0.39 is 24.4 Å². The fourth-order valence-corrected chi connectivity index (χ4v) is 2.41. The van der Waals surface area contributed by atoms with E-state index in [-0.39, 0.29) is 0 Å². The number of rotatable bonds is 2. The second-order valence-corrected chi connectivity index (χ2v) is 4.70. The van der Waals surface area contributed by atoms with Crippen LogP contribution < -0.4 is 4.74 Å². The molecule has 1 aliphatic rings. The molecule has 2 aromatic rings. The van der Waals surface area contributed by atoms with E-state index in [1.807, 2.05) is 0 Å². The van der Waals surface area contributed by atoms with E-state index in [0.29, 0.717) is 29.8 Å². The zero-order chi connectivity index (χ0) is 14.1. The van der Waals surface area contributed by atoms with Crippen LogP contribution in [-0.4, -0.2) is 17.8 Å². The summed E-state index contributed by atoms with van der Waals surface area (Å²) in [6, 6.07) is 5.10. The van der Waals surface area contributed by atoms with Crippen molar-refractivity contribution in [1.29, 1.82) is 0 Å². The third-order valence-electron chi connectivity index (χ3n) is 3.40. The van der Waals surface area contributed by atoms with Gasteiger partial charge in [0.05, 0.1) is 0 Å². The number of pyridine rings is 1. The van der Waals surface area contributed by atoms with E-state index >= 15 is 0 Å². The molecule has 2 heterocycles.